The van der Waals surface area contributed by atoms with E-state index in [2.05, 4.69) is 11.9 Å². The van der Waals surface area contributed by atoms with E-state index in [4.69, 9.17) is 10.5 Å². The van der Waals surface area contributed by atoms with Crippen molar-refractivity contribution in [1.82, 2.24) is 4.98 Å². The second kappa shape index (κ2) is 5.85. The smallest absolute Gasteiger partial charge is 0.340 e. The largest absolute Gasteiger partial charge is 0.462 e. The molecule has 1 fully saturated rings. The zero-order valence-corrected chi connectivity index (χ0v) is 10.8. The third-order valence-corrected chi connectivity index (χ3v) is 3.57. The van der Waals surface area contributed by atoms with Gasteiger partial charge < -0.3 is 10.5 Å². The molecule has 1 saturated carbocycles. The monoisotopic (exact) mass is 248 g/mol. The van der Waals surface area contributed by atoms with Gasteiger partial charge in [0.1, 0.15) is 0 Å². The molecule has 18 heavy (non-hydrogen) atoms. The van der Waals surface area contributed by atoms with E-state index in [-0.39, 0.29) is 5.97 Å². The summed E-state index contributed by atoms with van der Waals surface area (Å²) < 4.78 is 5.35. The summed E-state index contributed by atoms with van der Waals surface area (Å²) in [5, 5.41) is 0. The van der Waals surface area contributed by atoms with Crippen LogP contribution in [-0.4, -0.2) is 17.6 Å². The molecule has 0 amide bonds. The average Bonchev–Trinajstić information content (AvgIpc) is 2.37. The molecule has 0 saturated heterocycles. The van der Waals surface area contributed by atoms with Crippen molar-refractivity contribution in [3.63, 3.8) is 0 Å². The van der Waals surface area contributed by atoms with Crippen molar-refractivity contribution in [1.29, 1.82) is 0 Å². The number of aromatic nitrogens is 1. The number of hydrogen-bond donors (Lipinski definition) is 1. The highest BCUT2D eigenvalue weighted by atomic mass is 16.5. The summed E-state index contributed by atoms with van der Waals surface area (Å²) in [5.41, 5.74) is 6.47. The molecular formula is C14H20N2O2. The van der Waals surface area contributed by atoms with Crippen LogP contribution in [0.3, 0.4) is 0 Å². The highest BCUT2D eigenvalue weighted by molar-refractivity contribution is 5.94. The number of carbonyl (C=O) groups excluding carboxylic acids is 1. The maximum Gasteiger partial charge on any atom is 0.340 e. The van der Waals surface area contributed by atoms with Crippen molar-refractivity contribution >= 4 is 11.7 Å². The van der Waals surface area contributed by atoms with Crippen LogP contribution >= 0.6 is 0 Å². The summed E-state index contributed by atoms with van der Waals surface area (Å²) in [6.07, 6.45) is 7.86. The third-order valence-electron chi connectivity index (χ3n) is 3.57. The van der Waals surface area contributed by atoms with E-state index in [1.165, 1.54) is 19.0 Å². The van der Waals surface area contributed by atoms with E-state index < -0.39 is 0 Å². The van der Waals surface area contributed by atoms with Crippen molar-refractivity contribution in [2.24, 2.45) is 11.8 Å². The fourth-order valence-electron chi connectivity index (χ4n) is 2.57. The Morgan fingerprint density at radius 2 is 2.39 bits per heavy atom. The Kier molecular flexibility index (Phi) is 4.18. The normalized spacial score (nSPS) is 23.6. The molecule has 0 radical (unpaired) electrons. The molecule has 1 aliphatic carbocycles. The summed E-state index contributed by atoms with van der Waals surface area (Å²) in [7, 11) is 0. The molecule has 1 aromatic heterocycles. The molecule has 1 aliphatic rings. The van der Waals surface area contributed by atoms with Crippen LogP contribution in [-0.2, 0) is 4.74 Å². The lowest BCUT2D eigenvalue weighted by molar-refractivity contribution is 0.0391. The second-order valence-corrected chi connectivity index (χ2v) is 5.20. The topological polar surface area (TPSA) is 65.2 Å². The van der Waals surface area contributed by atoms with Crippen molar-refractivity contribution in [3.05, 3.63) is 24.0 Å². The molecular weight excluding hydrogens is 228 g/mol. The maximum atomic E-state index is 11.9. The first-order chi connectivity index (χ1) is 8.66. The van der Waals surface area contributed by atoms with Gasteiger partial charge >= 0.3 is 5.97 Å². The number of pyridine rings is 1. The van der Waals surface area contributed by atoms with Crippen LogP contribution in [0.25, 0.3) is 0 Å². The minimum absolute atomic E-state index is 0.340. The molecule has 0 aromatic carbocycles. The van der Waals surface area contributed by atoms with Crippen molar-refractivity contribution in [3.8, 4) is 0 Å². The lowest BCUT2D eigenvalue weighted by atomic mass is 9.83. The van der Waals surface area contributed by atoms with Crippen LogP contribution in [0.5, 0.6) is 0 Å². The molecule has 0 aliphatic heterocycles. The highest BCUT2D eigenvalue weighted by Crippen LogP contribution is 2.28. The van der Waals surface area contributed by atoms with E-state index in [1.54, 1.807) is 12.3 Å². The zero-order valence-electron chi connectivity index (χ0n) is 10.8. The standard InChI is InChI=1S/C14H20N2O2/c1-10-3-2-4-11(7-10)9-18-14(17)12-5-6-16-8-13(12)15/h5-6,8,10-11H,2-4,7,9,15H2,1H3. The number of nitrogens with zero attached hydrogens (tertiary/aromatic N) is 1. The average molecular weight is 248 g/mol. The quantitative estimate of drug-likeness (QED) is 0.835. The Hall–Kier alpha value is -1.58. The van der Waals surface area contributed by atoms with Gasteiger partial charge in [0.15, 0.2) is 0 Å². The number of anilines is 1. The molecule has 98 valence electrons. The van der Waals surface area contributed by atoms with Crippen LogP contribution in [0.15, 0.2) is 18.5 Å². The number of hydrogen-bond acceptors (Lipinski definition) is 4. The Labute approximate surface area is 108 Å². The van der Waals surface area contributed by atoms with Gasteiger partial charge in [0.25, 0.3) is 0 Å². The van der Waals surface area contributed by atoms with Crippen molar-refractivity contribution in [2.45, 2.75) is 32.6 Å². The summed E-state index contributed by atoms with van der Waals surface area (Å²) >= 11 is 0. The number of carbonyl (C=O) groups is 1. The second-order valence-electron chi connectivity index (χ2n) is 5.20. The van der Waals surface area contributed by atoms with Crippen LogP contribution in [0, 0.1) is 11.8 Å². The van der Waals surface area contributed by atoms with Crippen molar-refractivity contribution in [2.75, 3.05) is 12.3 Å². The maximum absolute atomic E-state index is 11.9. The van der Waals surface area contributed by atoms with Crippen molar-refractivity contribution < 1.29 is 9.53 Å². The molecule has 2 N–H and O–H groups in total. The molecule has 1 aromatic rings. The van der Waals surface area contributed by atoms with E-state index in [0.717, 1.165) is 18.8 Å². The van der Waals surface area contributed by atoms with Gasteiger partial charge in [0.05, 0.1) is 24.1 Å². The van der Waals surface area contributed by atoms with Gasteiger partial charge in [0.2, 0.25) is 0 Å². The molecule has 4 heteroatoms. The van der Waals surface area contributed by atoms with E-state index >= 15 is 0 Å². The molecule has 0 spiro atoms. The summed E-state index contributed by atoms with van der Waals surface area (Å²) in [6.45, 7) is 2.76. The molecule has 2 unspecified atom stereocenters. The van der Waals surface area contributed by atoms with E-state index in [9.17, 15) is 4.79 Å². The van der Waals surface area contributed by atoms with Crippen LogP contribution in [0.4, 0.5) is 5.69 Å². The molecule has 2 atom stereocenters. The summed E-state index contributed by atoms with van der Waals surface area (Å²) in [4.78, 5) is 15.7. The van der Waals surface area contributed by atoms with Gasteiger partial charge in [-0.3, -0.25) is 4.98 Å². The highest BCUT2D eigenvalue weighted by Gasteiger charge is 2.21. The van der Waals surface area contributed by atoms with Gasteiger partial charge in [0, 0.05) is 6.20 Å². The van der Waals surface area contributed by atoms with Crippen LogP contribution in [0.2, 0.25) is 0 Å². The van der Waals surface area contributed by atoms with Gasteiger partial charge in [-0.05, 0) is 30.7 Å². The fraction of sp³-hybridized carbons (Fsp3) is 0.571. The van der Waals surface area contributed by atoms with Gasteiger partial charge in [-0.2, -0.15) is 0 Å². The Bertz CT molecular complexity index is 420. The summed E-state index contributed by atoms with van der Waals surface area (Å²) in [5.74, 6) is 0.905. The predicted molar refractivity (Wildman–Crippen MR) is 70.1 cm³/mol. The molecule has 1 heterocycles. The zero-order chi connectivity index (χ0) is 13.0. The number of rotatable bonds is 3. The Balaban J connectivity index is 1.87. The van der Waals surface area contributed by atoms with Crippen LogP contribution < -0.4 is 5.73 Å². The number of ether oxygens (including phenoxy) is 1. The molecule has 0 bridgehead atoms. The first-order valence-electron chi connectivity index (χ1n) is 6.53. The Morgan fingerprint density at radius 3 is 3.11 bits per heavy atom. The molecule has 2 rings (SSSR count). The first-order valence-corrected chi connectivity index (χ1v) is 6.53. The SMILES string of the molecule is CC1CCCC(COC(=O)c2ccncc2N)C1. The van der Waals surface area contributed by atoms with Gasteiger partial charge in [-0.25, -0.2) is 4.79 Å². The first kappa shape index (κ1) is 12.9. The minimum Gasteiger partial charge on any atom is -0.462 e. The van der Waals surface area contributed by atoms with Crippen LogP contribution in [0.1, 0.15) is 43.0 Å². The van der Waals surface area contributed by atoms with E-state index in [0.29, 0.717) is 23.8 Å². The fourth-order valence-corrected chi connectivity index (χ4v) is 2.57. The Morgan fingerprint density at radius 1 is 1.56 bits per heavy atom. The summed E-state index contributed by atoms with van der Waals surface area (Å²) in [6, 6.07) is 1.60. The number of esters is 1. The van der Waals surface area contributed by atoms with E-state index in [1.807, 2.05) is 0 Å². The third kappa shape index (κ3) is 3.22. The molecule has 4 nitrogen and oxygen atoms in total. The number of nitrogen functional groups attached to an aromatic ring is 1. The minimum atomic E-state index is -0.340. The lowest BCUT2D eigenvalue weighted by Crippen LogP contribution is -2.20. The van der Waals surface area contributed by atoms with Gasteiger partial charge in [-0.15, -0.1) is 0 Å². The van der Waals surface area contributed by atoms with Gasteiger partial charge in [-0.1, -0.05) is 19.8 Å². The predicted octanol–water partition coefficient (Wildman–Crippen LogP) is 2.65. The lowest BCUT2D eigenvalue weighted by Gasteiger charge is -2.26. The number of nitrogens with two attached hydrogens (primary N) is 1.